The lowest BCUT2D eigenvalue weighted by Crippen LogP contribution is -2.21. The molecule has 1 heteroatoms. The second-order valence-electron chi connectivity index (χ2n) is 14.4. The van der Waals surface area contributed by atoms with Crippen LogP contribution in [0.25, 0.3) is 0 Å². The molecule has 2 aromatic rings. The molecular weight excluding hydrogens is 556 g/mol. The number of unbranched alkanes of at least 4 members (excludes halogenated alkanes) is 24. The fraction of sp³-hybridized carbons (Fsp3) is 0.711. The molecule has 0 heterocycles. The standard InChI is InChI=1S/C45H74O/c1-3-5-7-9-11-13-15-17-19-21-23-25-33-39-43(41-35-29-27-30-36-41)45(46)44(42-37-31-28-32-38-42)40-34-26-24-22-20-18-16-14-12-10-8-6-4-2/h27-32,35-38,43-44H,3-26,33-34,39-40H2,1-2H3. The molecule has 46 heavy (non-hydrogen) atoms. The van der Waals surface area contributed by atoms with Gasteiger partial charge in [0, 0.05) is 11.8 Å². The van der Waals surface area contributed by atoms with Crippen LogP contribution in [0.15, 0.2) is 60.7 Å². The van der Waals surface area contributed by atoms with Crippen LogP contribution in [0, 0.1) is 0 Å². The molecule has 0 N–H and O–H groups in total. The summed E-state index contributed by atoms with van der Waals surface area (Å²) in [4.78, 5) is 14.3. The van der Waals surface area contributed by atoms with Crippen LogP contribution in [0.3, 0.4) is 0 Å². The molecule has 0 amide bonds. The van der Waals surface area contributed by atoms with E-state index in [9.17, 15) is 4.79 Å². The molecule has 0 radical (unpaired) electrons. The van der Waals surface area contributed by atoms with Gasteiger partial charge in [0.25, 0.3) is 0 Å². The zero-order valence-electron chi connectivity index (χ0n) is 30.6. The average Bonchev–Trinajstić information content (AvgIpc) is 3.09. The first kappa shape index (κ1) is 40.3. The molecule has 0 aliphatic carbocycles. The third-order valence-electron chi connectivity index (χ3n) is 10.3. The lowest BCUT2D eigenvalue weighted by atomic mass is 9.79. The summed E-state index contributed by atoms with van der Waals surface area (Å²) >= 11 is 0. The van der Waals surface area contributed by atoms with Crippen molar-refractivity contribution < 1.29 is 4.79 Å². The van der Waals surface area contributed by atoms with Crippen molar-refractivity contribution in [3.05, 3.63) is 71.8 Å². The smallest absolute Gasteiger partial charge is 0.147 e. The highest BCUT2D eigenvalue weighted by atomic mass is 16.1. The predicted molar refractivity (Wildman–Crippen MR) is 204 cm³/mol. The van der Waals surface area contributed by atoms with E-state index < -0.39 is 0 Å². The monoisotopic (exact) mass is 631 g/mol. The van der Waals surface area contributed by atoms with Crippen LogP contribution in [-0.2, 0) is 4.79 Å². The molecule has 0 aliphatic rings. The number of Topliss-reactive ketones (excluding diaryl/α,β-unsaturated/α-hetero) is 1. The van der Waals surface area contributed by atoms with Gasteiger partial charge in [0.1, 0.15) is 5.78 Å². The summed E-state index contributed by atoms with van der Waals surface area (Å²) in [7, 11) is 0. The van der Waals surface area contributed by atoms with Crippen LogP contribution in [0.4, 0.5) is 0 Å². The van der Waals surface area contributed by atoms with Gasteiger partial charge in [-0.15, -0.1) is 0 Å². The quantitative estimate of drug-likeness (QED) is 0.0735. The second-order valence-corrected chi connectivity index (χ2v) is 14.4. The maximum absolute atomic E-state index is 14.3. The lowest BCUT2D eigenvalue weighted by Gasteiger charge is -2.24. The van der Waals surface area contributed by atoms with E-state index in [1.165, 1.54) is 165 Å². The van der Waals surface area contributed by atoms with Gasteiger partial charge >= 0.3 is 0 Å². The Morgan fingerprint density at radius 2 is 0.609 bits per heavy atom. The minimum atomic E-state index is 0.0149. The summed E-state index contributed by atoms with van der Waals surface area (Å²) in [6.45, 7) is 4.59. The predicted octanol–water partition coefficient (Wildman–Crippen LogP) is 15.1. The second kappa shape index (κ2) is 29.3. The van der Waals surface area contributed by atoms with Gasteiger partial charge in [-0.25, -0.2) is 0 Å². The van der Waals surface area contributed by atoms with Crippen molar-refractivity contribution in [2.75, 3.05) is 0 Å². The van der Waals surface area contributed by atoms with Gasteiger partial charge < -0.3 is 0 Å². The van der Waals surface area contributed by atoms with Crippen molar-refractivity contribution in [1.29, 1.82) is 0 Å². The van der Waals surface area contributed by atoms with E-state index in [0.717, 1.165) is 25.7 Å². The van der Waals surface area contributed by atoms with Crippen LogP contribution < -0.4 is 0 Å². The number of hydrogen-bond donors (Lipinski definition) is 0. The van der Waals surface area contributed by atoms with Crippen molar-refractivity contribution in [3.8, 4) is 0 Å². The van der Waals surface area contributed by atoms with Gasteiger partial charge in [-0.3, -0.25) is 4.79 Å². The minimum absolute atomic E-state index is 0.0149. The van der Waals surface area contributed by atoms with E-state index in [4.69, 9.17) is 0 Å². The Balaban J connectivity index is 1.75. The molecule has 2 rings (SSSR count). The van der Waals surface area contributed by atoms with Gasteiger partial charge in [0.2, 0.25) is 0 Å². The number of ketones is 1. The number of rotatable bonds is 32. The van der Waals surface area contributed by atoms with E-state index in [1.807, 2.05) is 0 Å². The highest BCUT2D eigenvalue weighted by Gasteiger charge is 2.28. The van der Waals surface area contributed by atoms with Gasteiger partial charge in [0.15, 0.2) is 0 Å². The number of carbonyl (C=O) groups excluding carboxylic acids is 1. The fourth-order valence-electron chi connectivity index (χ4n) is 7.29. The Kier molecular flexibility index (Phi) is 25.6. The van der Waals surface area contributed by atoms with E-state index in [-0.39, 0.29) is 11.8 Å². The van der Waals surface area contributed by atoms with E-state index in [2.05, 4.69) is 74.5 Å². The van der Waals surface area contributed by atoms with E-state index in [0.29, 0.717) is 5.78 Å². The first-order chi connectivity index (χ1) is 22.8. The summed E-state index contributed by atoms with van der Waals surface area (Å²) in [6.07, 6.45) is 37.4. The molecule has 2 atom stereocenters. The third-order valence-corrected chi connectivity index (χ3v) is 10.3. The molecule has 2 unspecified atom stereocenters. The Morgan fingerprint density at radius 3 is 0.870 bits per heavy atom. The molecule has 1 nitrogen and oxygen atoms in total. The van der Waals surface area contributed by atoms with Gasteiger partial charge in [-0.05, 0) is 24.0 Å². The molecule has 0 spiro atoms. The average molecular weight is 631 g/mol. The largest absolute Gasteiger partial charge is 0.298 e. The summed E-state index contributed by atoms with van der Waals surface area (Å²) < 4.78 is 0. The molecule has 0 saturated heterocycles. The Morgan fingerprint density at radius 1 is 0.370 bits per heavy atom. The molecule has 2 aromatic carbocycles. The molecule has 260 valence electrons. The van der Waals surface area contributed by atoms with Crippen molar-refractivity contribution in [1.82, 2.24) is 0 Å². The van der Waals surface area contributed by atoms with E-state index in [1.54, 1.807) is 0 Å². The molecule has 0 aromatic heterocycles. The van der Waals surface area contributed by atoms with Crippen LogP contribution in [-0.4, -0.2) is 5.78 Å². The van der Waals surface area contributed by atoms with E-state index >= 15 is 0 Å². The fourth-order valence-corrected chi connectivity index (χ4v) is 7.29. The Hall–Kier alpha value is -1.89. The van der Waals surface area contributed by atoms with Crippen LogP contribution in [0.2, 0.25) is 0 Å². The normalized spacial score (nSPS) is 12.7. The molecule has 0 saturated carbocycles. The molecular formula is C45H74O. The molecule has 0 bridgehead atoms. The third kappa shape index (κ3) is 19.7. The van der Waals surface area contributed by atoms with Gasteiger partial charge in [-0.2, -0.15) is 0 Å². The van der Waals surface area contributed by atoms with Crippen molar-refractivity contribution in [2.24, 2.45) is 0 Å². The molecule has 0 aliphatic heterocycles. The van der Waals surface area contributed by atoms with Gasteiger partial charge in [0.05, 0.1) is 0 Å². The number of hydrogen-bond acceptors (Lipinski definition) is 1. The topological polar surface area (TPSA) is 17.1 Å². The van der Waals surface area contributed by atoms with Crippen molar-refractivity contribution >= 4 is 5.78 Å². The highest BCUT2D eigenvalue weighted by molar-refractivity contribution is 5.91. The zero-order chi connectivity index (χ0) is 32.8. The Bertz CT molecular complexity index is 843. The van der Waals surface area contributed by atoms with Crippen LogP contribution in [0.1, 0.15) is 217 Å². The zero-order valence-corrected chi connectivity index (χ0v) is 30.6. The van der Waals surface area contributed by atoms with Crippen molar-refractivity contribution in [2.45, 2.75) is 205 Å². The lowest BCUT2D eigenvalue weighted by molar-refractivity contribution is -0.122. The summed E-state index contributed by atoms with van der Waals surface area (Å²) in [5, 5.41) is 0. The summed E-state index contributed by atoms with van der Waals surface area (Å²) in [5.74, 6) is 0.484. The summed E-state index contributed by atoms with van der Waals surface area (Å²) in [5.41, 5.74) is 2.44. The Labute approximate surface area is 287 Å². The maximum Gasteiger partial charge on any atom is 0.147 e. The minimum Gasteiger partial charge on any atom is -0.298 e. The highest BCUT2D eigenvalue weighted by Crippen LogP contribution is 2.34. The number of benzene rings is 2. The maximum atomic E-state index is 14.3. The van der Waals surface area contributed by atoms with Gasteiger partial charge in [-0.1, -0.05) is 241 Å². The van der Waals surface area contributed by atoms with Crippen molar-refractivity contribution in [3.63, 3.8) is 0 Å². The van der Waals surface area contributed by atoms with Crippen LogP contribution >= 0.6 is 0 Å². The SMILES string of the molecule is CCCCCCCCCCCCCCCC(C(=O)C(CCCCCCCCCCCCCCC)c1ccccc1)c1ccccc1. The van der Waals surface area contributed by atoms with Crippen LogP contribution in [0.5, 0.6) is 0 Å². The molecule has 0 fully saturated rings. The number of carbonyl (C=O) groups is 1. The first-order valence-electron chi connectivity index (χ1n) is 20.4. The summed E-state index contributed by atoms with van der Waals surface area (Å²) in [6, 6.07) is 21.4. The first-order valence-corrected chi connectivity index (χ1v) is 20.4.